The lowest BCUT2D eigenvalue weighted by Gasteiger charge is -2.26. The Kier molecular flexibility index (Phi) is 6.60. The summed E-state index contributed by atoms with van der Waals surface area (Å²) in [5.74, 6) is 0.575. The van der Waals surface area contributed by atoms with Crippen molar-refractivity contribution in [1.82, 2.24) is 5.32 Å². The van der Waals surface area contributed by atoms with Gasteiger partial charge in [-0.2, -0.15) is 0 Å². The summed E-state index contributed by atoms with van der Waals surface area (Å²) in [4.78, 5) is 13.0. The molecule has 0 aromatic heterocycles. The topological polar surface area (TPSA) is 84.9 Å². The fourth-order valence-corrected chi connectivity index (χ4v) is 5.37. The molecule has 0 radical (unpaired) electrons. The molecule has 1 amide bonds. The van der Waals surface area contributed by atoms with Crippen molar-refractivity contribution >= 4 is 21.6 Å². The highest BCUT2D eigenvalue weighted by atomic mass is 32.2. The summed E-state index contributed by atoms with van der Waals surface area (Å²) in [7, 11) is -3.67. The summed E-state index contributed by atoms with van der Waals surface area (Å²) in [6.45, 7) is 3.38. The molecule has 0 unspecified atom stereocenters. The Morgan fingerprint density at radius 2 is 1.78 bits per heavy atom. The van der Waals surface area contributed by atoms with Crippen LogP contribution in [0.5, 0.6) is 11.5 Å². The SMILES string of the molecule is CC[C@H](NC(=O)CN(c1ccc2c(c1)OCO2)S(=O)(=O)CC)c1ccc2c(c1)CCCC2. The molecule has 1 N–H and O–H groups in total. The molecule has 2 aromatic carbocycles. The maximum Gasteiger partial charge on any atom is 0.241 e. The van der Waals surface area contributed by atoms with Gasteiger partial charge in [0.2, 0.25) is 22.7 Å². The van der Waals surface area contributed by atoms with E-state index in [2.05, 4.69) is 23.5 Å². The van der Waals surface area contributed by atoms with Crippen LogP contribution >= 0.6 is 0 Å². The number of anilines is 1. The molecule has 32 heavy (non-hydrogen) atoms. The van der Waals surface area contributed by atoms with Gasteiger partial charge in [-0.15, -0.1) is 0 Å². The first-order valence-corrected chi connectivity index (χ1v) is 12.8. The molecule has 1 atom stereocenters. The molecular formula is C24H30N2O5S. The largest absolute Gasteiger partial charge is 0.454 e. The Morgan fingerprint density at radius 3 is 2.53 bits per heavy atom. The van der Waals surface area contributed by atoms with Crippen molar-refractivity contribution in [3.8, 4) is 11.5 Å². The first kappa shape index (κ1) is 22.5. The Morgan fingerprint density at radius 1 is 1.03 bits per heavy atom. The average Bonchev–Trinajstić information content (AvgIpc) is 3.28. The highest BCUT2D eigenvalue weighted by Gasteiger charge is 2.27. The molecular weight excluding hydrogens is 428 g/mol. The van der Waals surface area contributed by atoms with E-state index in [0.29, 0.717) is 17.2 Å². The van der Waals surface area contributed by atoms with E-state index in [-0.39, 0.29) is 31.0 Å². The van der Waals surface area contributed by atoms with Gasteiger partial charge in [0.1, 0.15) is 6.54 Å². The number of carbonyl (C=O) groups excluding carboxylic acids is 1. The molecule has 0 saturated carbocycles. The molecule has 1 aliphatic heterocycles. The predicted molar refractivity (Wildman–Crippen MR) is 124 cm³/mol. The molecule has 8 heteroatoms. The van der Waals surface area contributed by atoms with Gasteiger partial charge in [0, 0.05) is 6.07 Å². The standard InChI is InChI=1S/C24H30N2O5S/c1-3-21(19-10-9-17-7-5-6-8-18(17)13-19)25-24(27)15-26(32(28,29)4-2)20-11-12-22-23(14-20)31-16-30-22/h9-14,21H,3-8,15-16H2,1-2H3,(H,25,27)/t21-/m0/s1. The van der Waals surface area contributed by atoms with Gasteiger partial charge in [-0.1, -0.05) is 25.1 Å². The zero-order valence-electron chi connectivity index (χ0n) is 18.6. The number of benzene rings is 2. The molecule has 1 aliphatic carbocycles. The fourth-order valence-electron chi connectivity index (χ4n) is 4.31. The van der Waals surface area contributed by atoms with Crippen LogP contribution in [0.2, 0.25) is 0 Å². The van der Waals surface area contributed by atoms with Crippen LogP contribution in [0.15, 0.2) is 36.4 Å². The van der Waals surface area contributed by atoms with Gasteiger partial charge in [0.05, 0.1) is 17.5 Å². The molecule has 0 saturated heterocycles. The normalized spacial score (nSPS) is 15.7. The van der Waals surface area contributed by atoms with Crippen LogP contribution in [0.3, 0.4) is 0 Å². The van der Waals surface area contributed by atoms with E-state index >= 15 is 0 Å². The maximum absolute atomic E-state index is 13.0. The highest BCUT2D eigenvalue weighted by Crippen LogP contribution is 2.36. The van der Waals surface area contributed by atoms with Crippen molar-refractivity contribution in [3.05, 3.63) is 53.1 Å². The predicted octanol–water partition coefficient (Wildman–Crippen LogP) is 3.72. The second kappa shape index (κ2) is 9.40. The second-order valence-electron chi connectivity index (χ2n) is 8.21. The molecule has 0 spiro atoms. The zero-order valence-corrected chi connectivity index (χ0v) is 19.4. The average molecular weight is 459 g/mol. The van der Waals surface area contributed by atoms with Crippen LogP contribution in [0.1, 0.15) is 55.8 Å². The van der Waals surface area contributed by atoms with Crippen LogP contribution in [-0.4, -0.2) is 33.4 Å². The number of hydrogen-bond acceptors (Lipinski definition) is 5. The van der Waals surface area contributed by atoms with Gasteiger partial charge < -0.3 is 14.8 Å². The van der Waals surface area contributed by atoms with Gasteiger partial charge >= 0.3 is 0 Å². The summed E-state index contributed by atoms with van der Waals surface area (Å²) in [5, 5.41) is 3.04. The number of amides is 1. The minimum atomic E-state index is -3.67. The van der Waals surface area contributed by atoms with Crippen molar-refractivity contribution in [2.24, 2.45) is 0 Å². The lowest BCUT2D eigenvalue weighted by atomic mass is 9.89. The van der Waals surface area contributed by atoms with E-state index in [0.717, 1.165) is 29.1 Å². The van der Waals surface area contributed by atoms with E-state index in [1.807, 2.05) is 6.92 Å². The van der Waals surface area contributed by atoms with Gasteiger partial charge in [-0.25, -0.2) is 8.42 Å². The Bertz CT molecular complexity index is 1100. The maximum atomic E-state index is 13.0. The number of rotatable bonds is 8. The van der Waals surface area contributed by atoms with Crippen LogP contribution < -0.4 is 19.1 Å². The monoisotopic (exact) mass is 458 g/mol. The van der Waals surface area contributed by atoms with E-state index in [4.69, 9.17) is 9.47 Å². The second-order valence-corrected chi connectivity index (χ2v) is 10.4. The summed E-state index contributed by atoms with van der Waals surface area (Å²) < 4.78 is 37.4. The quantitative estimate of drug-likeness (QED) is 0.652. The Balaban J connectivity index is 1.53. The van der Waals surface area contributed by atoms with Crippen molar-refractivity contribution in [3.63, 3.8) is 0 Å². The first-order valence-electron chi connectivity index (χ1n) is 11.2. The van der Waals surface area contributed by atoms with Gasteiger partial charge in [-0.05, 0) is 67.9 Å². The lowest BCUT2D eigenvalue weighted by Crippen LogP contribution is -2.42. The number of nitrogens with zero attached hydrogens (tertiary/aromatic N) is 1. The van der Waals surface area contributed by atoms with Crippen molar-refractivity contribution in [1.29, 1.82) is 0 Å². The number of carbonyl (C=O) groups is 1. The third-order valence-corrected chi connectivity index (χ3v) is 7.89. The Labute approximate surface area is 189 Å². The summed E-state index contributed by atoms with van der Waals surface area (Å²) in [6.07, 6.45) is 5.31. The van der Waals surface area contributed by atoms with Crippen LogP contribution in [0.25, 0.3) is 0 Å². The first-order chi connectivity index (χ1) is 15.4. The number of hydrogen-bond donors (Lipinski definition) is 1. The van der Waals surface area contributed by atoms with Crippen molar-refractivity contribution in [2.45, 2.75) is 52.0 Å². The number of ether oxygens (including phenoxy) is 2. The third kappa shape index (κ3) is 4.70. The van der Waals surface area contributed by atoms with Gasteiger partial charge in [0.15, 0.2) is 11.5 Å². The number of aryl methyl sites for hydroxylation is 2. The molecule has 0 bridgehead atoms. The van der Waals surface area contributed by atoms with Gasteiger partial charge in [-0.3, -0.25) is 9.10 Å². The van der Waals surface area contributed by atoms with E-state index in [1.165, 1.54) is 24.0 Å². The minimum absolute atomic E-state index is 0.0960. The fraction of sp³-hybridized carbons (Fsp3) is 0.458. The summed E-state index contributed by atoms with van der Waals surface area (Å²) >= 11 is 0. The zero-order chi connectivity index (χ0) is 22.7. The summed E-state index contributed by atoms with van der Waals surface area (Å²) in [6, 6.07) is 11.2. The molecule has 172 valence electrons. The van der Waals surface area contributed by atoms with Crippen molar-refractivity contribution in [2.75, 3.05) is 23.4 Å². The van der Waals surface area contributed by atoms with E-state index in [1.54, 1.807) is 25.1 Å². The molecule has 1 heterocycles. The van der Waals surface area contributed by atoms with Crippen LogP contribution in [0.4, 0.5) is 5.69 Å². The Hall–Kier alpha value is -2.74. The van der Waals surface area contributed by atoms with Crippen LogP contribution in [0, 0.1) is 0 Å². The third-order valence-electron chi connectivity index (χ3n) is 6.15. The molecule has 4 rings (SSSR count). The number of fused-ring (bicyclic) bond motifs is 2. The van der Waals surface area contributed by atoms with Crippen LogP contribution in [-0.2, 0) is 27.7 Å². The molecule has 2 aromatic rings. The molecule has 2 aliphatic rings. The van der Waals surface area contributed by atoms with E-state index < -0.39 is 10.0 Å². The number of sulfonamides is 1. The lowest BCUT2D eigenvalue weighted by molar-refractivity contribution is -0.120. The molecule has 7 nitrogen and oxygen atoms in total. The number of nitrogens with one attached hydrogen (secondary N) is 1. The smallest absolute Gasteiger partial charge is 0.241 e. The minimum Gasteiger partial charge on any atom is -0.454 e. The summed E-state index contributed by atoms with van der Waals surface area (Å²) in [5.41, 5.74) is 4.20. The van der Waals surface area contributed by atoms with Crippen molar-refractivity contribution < 1.29 is 22.7 Å². The molecule has 0 fully saturated rings. The highest BCUT2D eigenvalue weighted by molar-refractivity contribution is 7.92. The van der Waals surface area contributed by atoms with E-state index in [9.17, 15) is 13.2 Å². The van der Waals surface area contributed by atoms with Gasteiger partial charge in [0.25, 0.3) is 0 Å².